The lowest BCUT2D eigenvalue weighted by atomic mass is 9.98. The van der Waals surface area contributed by atoms with E-state index in [1.807, 2.05) is 30.3 Å². The Morgan fingerprint density at radius 2 is 1.62 bits per heavy atom. The highest BCUT2D eigenvalue weighted by atomic mass is 16.7. The van der Waals surface area contributed by atoms with Crippen molar-refractivity contribution in [1.82, 2.24) is 0 Å². The first-order valence-corrected chi connectivity index (χ1v) is 10.9. The quantitative estimate of drug-likeness (QED) is 0.210. The predicted octanol–water partition coefficient (Wildman–Crippen LogP) is 3.94. The third kappa shape index (κ3) is 6.94. The van der Waals surface area contributed by atoms with Crippen molar-refractivity contribution in [2.24, 2.45) is 0 Å². The number of carbonyl (C=O) groups excluding carboxylic acids is 1. The van der Waals surface area contributed by atoms with E-state index >= 15 is 0 Å². The third-order valence-electron chi connectivity index (χ3n) is 5.28. The van der Waals surface area contributed by atoms with E-state index in [0.29, 0.717) is 0 Å². The summed E-state index contributed by atoms with van der Waals surface area (Å²) in [6.07, 6.45) is -1.90. The van der Waals surface area contributed by atoms with Crippen molar-refractivity contribution in [3.8, 4) is 0 Å². The Balaban J connectivity index is 1.83. The summed E-state index contributed by atoms with van der Waals surface area (Å²) in [5, 5.41) is 10.9. The lowest BCUT2D eigenvalue weighted by Gasteiger charge is -2.44. The summed E-state index contributed by atoms with van der Waals surface area (Å²) < 4.78 is 29.8. The van der Waals surface area contributed by atoms with Crippen molar-refractivity contribution in [2.75, 3.05) is 6.61 Å². The van der Waals surface area contributed by atoms with Crippen molar-refractivity contribution in [3.05, 3.63) is 88.5 Å². The molecule has 9 nitrogen and oxygen atoms in total. The van der Waals surface area contributed by atoms with E-state index in [1.54, 1.807) is 25.1 Å². The smallest absolute Gasteiger partial charge is 0.303 e. The van der Waals surface area contributed by atoms with Crippen LogP contribution in [-0.4, -0.2) is 48.2 Å². The van der Waals surface area contributed by atoms with Gasteiger partial charge in [0.05, 0.1) is 30.8 Å². The molecule has 2 aromatic rings. The Morgan fingerprint density at radius 3 is 2.21 bits per heavy atom. The van der Waals surface area contributed by atoms with Gasteiger partial charge in [0.1, 0.15) is 12.2 Å². The number of nitro benzene ring substituents is 1. The number of ether oxygens (including phenoxy) is 5. The van der Waals surface area contributed by atoms with Crippen LogP contribution in [0.3, 0.4) is 0 Å². The minimum atomic E-state index is -0.807. The Hall–Kier alpha value is -3.11. The normalized spacial score (nSPS) is 24.4. The zero-order valence-electron chi connectivity index (χ0n) is 19.2. The second kappa shape index (κ2) is 12.4. The number of hydrogen-bond acceptors (Lipinski definition) is 8. The molecule has 0 unspecified atom stereocenters. The fraction of sp³-hybridized carbons (Fsp3) is 0.400. The van der Waals surface area contributed by atoms with Gasteiger partial charge in [0.25, 0.3) is 5.69 Å². The standard InChI is InChI=1S/C25H29NO8/c1-4-14-30-25-24(32-16-20-10-12-21(13-11-20)26(28)29)23(22(17(2)33-25)34-18(3)27)31-15-19-8-6-5-7-9-19/h4-13,17,22-25H,1,14-16H2,2-3H3/t17-,22-,23+,24+,25+/m0/s1. The fourth-order valence-electron chi connectivity index (χ4n) is 3.66. The summed E-state index contributed by atoms with van der Waals surface area (Å²) >= 11 is 0. The molecule has 1 fully saturated rings. The van der Waals surface area contributed by atoms with E-state index in [1.165, 1.54) is 19.1 Å². The Kier molecular flexibility index (Phi) is 9.29. The molecular weight excluding hydrogens is 442 g/mol. The Morgan fingerprint density at radius 1 is 1.00 bits per heavy atom. The molecule has 0 amide bonds. The monoisotopic (exact) mass is 471 g/mol. The van der Waals surface area contributed by atoms with Gasteiger partial charge in [-0.2, -0.15) is 0 Å². The number of nitro groups is 1. The van der Waals surface area contributed by atoms with E-state index in [4.69, 9.17) is 23.7 Å². The number of non-ortho nitro benzene ring substituents is 1. The van der Waals surface area contributed by atoms with Crippen LogP contribution >= 0.6 is 0 Å². The summed E-state index contributed by atoms with van der Waals surface area (Å²) in [5.41, 5.74) is 1.66. The molecule has 9 heteroatoms. The molecular formula is C25H29NO8. The first-order valence-electron chi connectivity index (χ1n) is 10.9. The van der Waals surface area contributed by atoms with Gasteiger partial charge in [-0.05, 0) is 30.2 Å². The molecule has 1 aliphatic heterocycles. The van der Waals surface area contributed by atoms with Gasteiger partial charge in [-0.25, -0.2) is 0 Å². The molecule has 0 saturated carbocycles. The van der Waals surface area contributed by atoms with Crippen molar-refractivity contribution in [1.29, 1.82) is 0 Å². The number of nitrogens with zero attached hydrogens (tertiary/aromatic N) is 1. The predicted molar refractivity (Wildman–Crippen MR) is 123 cm³/mol. The molecule has 5 atom stereocenters. The average molecular weight is 472 g/mol. The Labute approximate surface area is 198 Å². The van der Waals surface area contributed by atoms with Crippen molar-refractivity contribution < 1.29 is 33.4 Å². The molecule has 182 valence electrons. The second-order valence-electron chi connectivity index (χ2n) is 7.87. The highest BCUT2D eigenvalue weighted by Crippen LogP contribution is 2.30. The van der Waals surface area contributed by atoms with Gasteiger partial charge < -0.3 is 23.7 Å². The molecule has 1 heterocycles. The maximum atomic E-state index is 11.8. The largest absolute Gasteiger partial charge is 0.457 e. The zero-order chi connectivity index (χ0) is 24.5. The molecule has 1 aliphatic rings. The first kappa shape index (κ1) is 25.5. The Bertz CT molecular complexity index is 949. The van der Waals surface area contributed by atoms with Gasteiger partial charge >= 0.3 is 5.97 Å². The topological polar surface area (TPSA) is 106 Å². The molecule has 0 bridgehead atoms. The molecule has 2 aromatic carbocycles. The van der Waals surface area contributed by atoms with Crippen LogP contribution in [0.2, 0.25) is 0 Å². The molecule has 0 aromatic heterocycles. The summed E-state index contributed by atoms with van der Waals surface area (Å²) in [6, 6.07) is 15.7. The van der Waals surface area contributed by atoms with Gasteiger partial charge in [-0.1, -0.05) is 36.4 Å². The molecule has 0 N–H and O–H groups in total. The minimum absolute atomic E-state index is 0.00948. The molecule has 3 rings (SSSR count). The van der Waals surface area contributed by atoms with E-state index in [2.05, 4.69) is 6.58 Å². The number of benzene rings is 2. The average Bonchev–Trinajstić information content (AvgIpc) is 2.83. The summed E-state index contributed by atoms with van der Waals surface area (Å²) in [5.74, 6) is -0.465. The number of carbonyl (C=O) groups is 1. The molecule has 0 spiro atoms. The number of esters is 1. The van der Waals surface area contributed by atoms with Crippen molar-refractivity contribution >= 4 is 11.7 Å². The van der Waals surface area contributed by atoms with E-state index in [-0.39, 0.29) is 25.5 Å². The maximum absolute atomic E-state index is 11.8. The van der Waals surface area contributed by atoms with E-state index in [9.17, 15) is 14.9 Å². The lowest BCUT2D eigenvalue weighted by molar-refractivity contribution is -0.384. The summed E-state index contributed by atoms with van der Waals surface area (Å²) in [6.45, 7) is 7.39. The number of hydrogen-bond donors (Lipinski definition) is 0. The van der Waals surface area contributed by atoms with Crippen LogP contribution in [-0.2, 0) is 41.7 Å². The zero-order valence-corrected chi connectivity index (χ0v) is 19.2. The molecule has 0 radical (unpaired) electrons. The van der Waals surface area contributed by atoms with Gasteiger partial charge in [0, 0.05) is 19.1 Å². The van der Waals surface area contributed by atoms with Crippen LogP contribution in [0.15, 0.2) is 67.3 Å². The molecule has 34 heavy (non-hydrogen) atoms. The van der Waals surface area contributed by atoms with Crippen LogP contribution in [0.1, 0.15) is 25.0 Å². The highest BCUT2D eigenvalue weighted by molar-refractivity contribution is 5.66. The second-order valence-corrected chi connectivity index (χ2v) is 7.87. The summed E-state index contributed by atoms with van der Waals surface area (Å²) in [7, 11) is 0. The SMILES string of the molecule is C=CCO[C@@H]1O[C@@H](C)[C@H](OC(C)=O)[C@@H](OCc2ccccc2)[C@H]1OCc1ccc([N+](=O)[O-])cc1. The minimum Gasteiger partial charge on any atom is -0.457 e. The van der Waals surface area contributed by atoms with Crippen molar-refractivity contribution in [2.45, 2.75) is 57.8 Å². The summed E-state index contributed by atoms with van der Waals surface area (Å²) in [4.78, 5) is 22.3. The first-order chi connectivity index (χ1) is 16.4. The van der Waals surface area contributed by atoms with Crippen LogP contribution in [0.5, 0.6) is 0 Å². The third-order valence-corrected chi connectivity index (χ3v) is 5.28. The lowest BCUT2D eigenvalue weighted by Crippen LogP contribution is -2.60. The van der Waals surface area contributed by atoms with Crippen LogP contribution in [0.4, 0.5) is 5.69 Å². The van der Waals surface area contributed by atoms with E-state index in [0.717, 1.165) is 11.1 Å². The maximum Gasteiger partial charge on any atom is 0.303 e. The molecule has 0 aliphatic carbocycles. The van der Waals surface area contributed by atoms with Gasteiger partial charge in [0.15, 0.2) is 12.4 Å². The van der Waals surface area contributed by atoms with Gasteiger partial charge in [0.2, 0.25) is 0 Å². The molecule has 1 saturated heterocycles. The van der Waals surface area contributed by atoms with Gasteiger partial charge in [-0.3, -0.25) is 14.9 Å². The number of rotatable bonds is 11. The van der Waals surface area contributed by atoms with Crippen LogP contribution in [0.25, 0.3) is 0 Å². The highest BCUT2D eigenvalue weighted by Gasteiger charge is 2.48. The van der Waals surface area contributed by atoms with Crippen molar-refractivity contribution in [3.63, 3.8) is 0 Å². The van der Waals surface area contributed by atoms with Crippen LogP contribution in [0, 0.1) is 10.1 Å². The van der Waals surface area contributed by atoms with E-state index < -0.39 is 41.6 Å². The van der Waals surface area contributed by atoms with Crippen LogP contribution < -0.4 is 0 Å². The van der Waals surface area contributed by atoms with Gasteiger partial charge in [-0.15, -0.1) is 6.58 Å². The fourth-order valence-corrected chi connectivity index (χ4v) is 3.66.